The van der Waals surface area contributed by atoms with Gasteiger partial charge in [-0.3, -0.25) is 4.98 Å². The van der Waals surface area contributed by atoms with Crippen molar-refractivity contribution in [1.82, 2.24) is 15.0 Å². The second kappa shape index (κ2) is 10.5. The van der Waals surface area contributed by atoms with Crippen molar-refractivity contribution in [2.45, 2.75) is 19.3 Å². The Morgan fingerprint density at radius 2 is 1.15 bits per heavy atom. The van der Waals surface area contributed by atoms with Crippen LogP contribution in [-0.2, 0) is 5.41 Å². The molecule has 5 heteroatoms. The molecule has 1 aliphatic carbocycles. The first-order valence-electron chi connectivity index (χ1n) is 15.8. The first kappa shape index (κ1) is 27.3. The van der Waals surface area contributed by atoms with Gasteiger partial charge in [-0.1, -0.05) is 98.8 Å². The number of ether oxygens (including phenoxy) is 2. The molecule has 224 valence electrons. The summed E-state index contributed by atoms with van der Waals surface area (Å²) < 4.78 is 13.0. The molecule has 0 atom stereocenters. The summed E-state index contributed by atoms with van der Waals surface area (Å²) in [5, 5.41) is 0. The highest BCUT2D eigenvalue weighted by molar-refractivity contribution is 5.84. The van der Waals surface area contributed by atoms with Crippen molar-refractivity contribution in [3.63, 3.8) is 0 Å². The molecule has 0 unspecified atom stereocenters. The Kier molecular flexibility index (Phi) is 6.09. The van der Waals surface area contributed by atoms with Crippen molar-refractivity contribution < 1.29 is 9.47 Å². The highest BCUT2D eigenvalue weighted by atomic mass is 16.6. The molecule has 0 radical (unpaired) electrons. The number of nitrogens with zero attached hydrogens (tertiary/aromatic N) is 3. The third-order valence-electron chi connectivity index (χ3n) is 9.21. The molecule has 47 heavy (non-hydrogen) atoms. The van der Waals surface area contributed by atoms with Crippen LogP contribution in [0.1, 0.15) is 25.0 Å². The summed E-state index contributed by atoms with van der Waals surface area (Å²) in [6, 6.07) is 45.3. The van der Waals surface area contributed by atoms with Crippen LogP contribution in [0.4, 0.5) is 0 Å². The summed E-state index contributed by atoms with van der Waals surface area (Å²) in [5.74, 6) is 3.49. The quantitative estimate of drug-likeness (QED) is 0.199. The fourth-order valence-electron chi connectivity index (χ4n) is 6.77. The monoisotopic (exact) mass is 607 g/mol. The van der Waals surface area contributed by atoms with E-state index in [9.17, 15) is 0 Å². The molecule has 0 bridgehead atoms. The fraction of sp³-hybridized carbons (Fsp3) is 0.0714. The summed E-state index contributed by atoms with van der Waals surface area (Å²) in [4.78, 5) is 14.5. The Balaban J connectivity index is 1.08. The van der Waals surface area contributed by atoms with Crippen molar-refractivity contribution in [2.75, 3.05) is 0 Å². The van der Waals surface area contributed by atoms with E-state index in [0.29, 0.717) is 17.3 Å². The van der Waals surface area contributed by atoms with Crippen LogP contribution in [-0.4, -0.2) is 15.0 Å². The summed E-state index contributed by atoms with van der Waals surface area (Å²) in [6.45, 7) is 4.54. The molecule has 2 aliphatic rings. The largest absolute Gasteiger partial charge is 0.450 e. The standard InChI is InChI=1S/C42H29N3O2/c1-42(2)32-16-7-6-15-30(32)31-23-39-40(24-33(31)42)46-37-19-18-28(22-38(37)47-39)27-13-10-14-29(21-27)41-44-35(26-11-4-3-5-12-26)25-36(45-41)34-17-8-9-20-43-34/h3-25H,1-2H3. The van der Waals surface area contributed by atoms with Crippen LogP contribution in [0.25, 0.3) is 56.3 Å². The van der Waals surface area contributed by atoms with Gasteiger partial charge in [0.2, 0.25) is 0 Å². The second-order valence-corrected chi connectivity index (χ2v) is 12.5. The van der Waals surface area contributed by atoms with Gasteiger partial charge < -0.3 is 9.47 Å². The molecular weight excluding hydrogens is 578 g/mol. The van der Waals surface area contributed by atoms with Gasteiger partial charge in [0, 0.05) is 22.7 Å². The molecule has 5 aromatic carbocycles. The summed E-state index contributed by atoms with van der Waals surface area (Å²) in [7, 11) is 0. The molecule has 3 heterocycles. The van der Waals surface area contributed by atoms with Gasteiger partial charge in [-0.15, -0.1) is 0 Å². The smallest absolute Gasteiger partial charge is 0.170 e. The lowest BCUT2D eigenvalue weighted by Gasteiger charge is -2.25. The van der Waals surface area contributed by atoms with Crippen molar-refractivity contribution in [3.8, 4) is 79.3 Å². The van der Waals surface area contributed by atoms with E-state index in [-0.39, 0.29) is 5.41 Å². The molecule has 9 rings (SSSR count). The van der Waals surface area contributed by atoms with Gasteiger partial charge in [-0.05, 0) is 81.9 Å². The molecule has 0 spiro atoms. The van der Waals surface area contributed by atoms with E-state index >= 15 is 0 Å². The summed E-state index contributed by atoms with van der Waals surface area (Å²) >= 11 is 0. The first-order valence-corrected chi connectivity index (χ1v) is 15.8. The van der Waals surface area contributed by atoms with Crippen molar-refractivity contribution in [3.05, 3.63) is 151 Å². The van der Waals surface area contributed by atoms with Gasteiger partial charge in [0.1, 0.15) is 0 Å². The zero-order chi connectivity index (χ0) is 31.5. The molecule has 5 nitrogen and oxygen atoms in total. The fourth-order valence-corrected chi connectivity index (χ4v) is 6.77. The third-order valence-corrected chi connectivity index (χ3v) is 9.21. The van der Waals surface area contributed by atoms with Crippen molar-refractivity contribution >= 4 is 0 Å². The Morgan fingerprint density at radius 1 is 0.447 bits per heavy atom. The maximum Gasteiger partial charge on any atom is 0.170 e. The molecule has 2 aromatic heterocycles. The van der Waals surface area contributed by atoms with Gasteiger partial charge >= 0.3 is 0 Å². The van der Waals surface area contributed by atoms with E-state index in [2.05, 4.69) is 85.6 Å². The maximum absolute atomic E-state index is 6.54. The minimum Gasteiger partial charge on any atom is -0.450 e. The number of rotatable bonds is 4. The van der Waals surface area contributed by atoms with E-state index in [1.807, 2.05) is 66.7 Å². The normalized spacial score (nSPS) is 13.4. The lowest BCUT2D eigenvalue weighted by Crippen LogP contribution is -2.15. The molecular formula is C42H29N3O2. The van der Waals surface area contributed by atoms with Crippen LogP contribution in [0.15, 0.2) is 140 Å². The average Bonchev–Trinajstić information content (AvgIpc) is 3.35. The van der Waals surface area contributed by atoms with Crippen LogP contribution >= 0.6 is 0 Å². The number of benzene rings is 5. The minimum atomic E-state index is -0.109. The lowest BCUT2D eigenvalue weighted by molar-refractivity contribution is 0.359. The Bertz CT molecular complexity index is 2270. The number of hydrogen-bond donors (Lipinski definition) is 0. The molecule has 0 fully saturated rings. The molecule has 0 N–H and O–H groups in total. The lowest BCUT2D eigenvalue weighted by atomic mass is 9.82. The molecule has 1 aliphatic heterocycles. The minimum absolute atomic E-state index is 0.109. The Labute approximate surface area is 273 Å². The Hall–Kier alpha value is -6.07. The predicted octanol–water partition coefficient (Wildman–Crippen LogP) is 10.7. The topological polar surface area (TPSA) is 57.1 Å². The van der Waals surface area contributed by atoms with Gasteiger partial charge in [0.25, 0.3) is 0 Å². The number of fused-ring (bicyclic) bond motifs is 5. The highest BCUT2D eigenvalue weighted by Gasteiger charge is 2.37. The van der Waals surface area contributed by atoms with Gasteiger partial charge in [0.05, 0.1) is 17.1 Å². The Morgan fingerprint density at radius 3 is 2.02 bits per heavy atom. The van der Waals surface area contributed by atoms with E-state index < -0.39 is 0 Å². The maximum atomic E-state index is 6.54. The molecule has 0 amide bonds. The van der Waals surface area contributed by atoms with Crippen LogP contribution < -0.4 is 9.47 Å². The van der Waals surface area contributed by atoms with Crippen LogP contribution in [0.3, 0.4) is 0 Å². The van der Waals surface area contributed by atoms with Crippen molar-refractivity contribution in [1.29, 1.82) is 0 Å². The van der Waals surface area contributed by atoms with Crippen molar-refractivity contribution in [2.24, 2.45) is 0 Å². The van der Waals surface area contributed by atoms with E-state index in [0.717, 1.165) is 50.8 Å². The van der Waals surface area contributed by atoms with Crippen LogP contribution in [0.2, 0.25) is 0 Å². The molecule has 0 saturated carbocycles. The zero-order valence-electron chi connectivity index (χ0n) is 25.9. The van der Waals surface area contributed by atoms with Gasteiger partial charge in [0.15, 0.2) is 28.8 Å². The predicted molar refractivity (Wildman–Crippen MR) is 186 cm³/mol. The van der Waals surface area contributed by atoms with Crippen LogP contribution in [0, 0.1) is 0 Å². The second-order valence-electron chi connectivity index (χ2n) is 12.5. The first-order chi connectivity index (χ1) is 23.0. The zero-order valence-corrected chi connectivity index (χ0v) is 25.9. The highest BCUT2D eigenvalue weighted by Crippen LogP contribution is 2.55. The van der Waals surface area contributed by atoms with Gasteiger partial charge in [-0.2, -0.15) is 0 Å². The van der Waals surface area contributed by atoms with Crippen LogP contribution in [0.5, 0.6) is 23.0 Å². The average molecular weight is 608 g/mol. The van der Waals surface area contributed by atoms with E-state index in [1.54, 1.807) is 6.20 Å². The van der Waals surface area contributed by atoms with E-state index in [4.69, 9.17) is 19.4 Å². The SMILES string of the molecule is CC1(C)c2ccccc2-c2cc3c(cc21)Oc1ccc(-c2cccc(-c4nc(-c5ccccc5)cc(-c5ccccn5)n4)c2)cc1O3. The number of aromatic nitrogens is 3. The van der Waals surface area contributed by atoms with Gasteiger partial charge in [-0.25, -0.2) is 9.97 Å². The summed E-state index contributed by atoms with van der Waals surface area (Å²) in [6.07, 6.45) is 1.78. The molecule has 0 saturated heterocycles. The summed E-state index contributed by atoms with van der Waals surface area (Å²) in [5.41, 5.74) is 11.3. The van der Waals surface area contributed by atoms with E-state index in [1.165, 1.54) is 22.3 Å². The number of hydrogen-bond acceptors (Lipinski definition) is 5. The number of pyridine rings is 1. The molecule has 7 aromatic rings. The third kappa shape index (κ3) is 4.59.